The van der Waals surface area contributed by atoms with Crippen molar-refractivity contribution in [3.63, 3.8) is 0 Å². The molecular weight excluding hydrogens is 345 g/mol. The maximum atomic E-state index is 12.1. The van der Waals surface area contributed by atoms with Crippen LogP contribution in [0.5, 0.6) is 0 Å². The number of anilines is 3. The molecule has 0 saturated carbocycles. The molecule has 1 heterocycles. The van der Waals surface area contributed by atoms with Crippen LogP contribution in [0.2, 0.25) is 10.0 Å². The monoisotopic (exact) mass is 357 g/mol. The second-order valence-electron chi connectivity index (χ2n) is 5.03. The van der Waals surface area contributed by atoms with E-state index in [2.05, 4.69) is 15.6 Å². The Labute approximate surface area is 149 Å². The summed E-state index contributed by atoms with van der Waals surface area (Å²) in [6.07, 6.45) is 1.63. The SMILES string of the molecule is O=C(Nc1ccc(Nc2cccc(Cl)c2)cn1)c1cccc(Cl)c1. The van der Waals surface area contributed by atoms with Crippen LogP contribution in [0.4, 0.5) is 17.2 Å². The van der Waals surface area contributed by atoms with E-state index in [1.807, 2.05) is 24.3 Å². The molecular formula is C18H13Cl2N3O. The van der Waals surface area contributed by atoms with Gasteiger partial charge in [0, 0.05) is 21.3 Å². The third-order valence-corrected chi connectivity index (χ3v) is 3.68. The normalized spacial score (nSPS) is 10.2. The molecule has 0 aliphatic heterocycles. The predicted molar refractivity (Wildman–Crippen MR) is 98.4 cm³/mol. The summed E-state index contributed by atoms with van der Waals surface area (Å²) in [5.74, 6) is 0.192. The number of rotatable bonds is 4. The van der Waals surface area contributed by atoms with Gasteiger partial charge in [0.05, 0.1) is 11.9 Å². The summed E-state index contributed by atoms with van der Waals surface area (Å²) in [4.78, 5) is 16.4. The van der Waals surface area contributed by atoms with Crippen LogP contribution in [0.1, 0.15) is 10.4 Å². The Morgan fingerprint density at radius 3 is 2.29 bits per heavy atom. The highest BCUT2D eigenvalue weighted by atomic mass is 35.5. The van der Waals surface area contributed by atoms with Crippen LogP contribution in [0, 0.1) is 0 Å². The van der Waals surface area contributed by atoms with Crippen molar-refractivity contribution in [3.05, 3.63) is 82.5 Å². The predicted octanol–water partition coefficient (Wildman–Crippen LogP) is 5.38. The molecule has 1 amide bonds. The molecule has 0 bridgehead atoms. The van der Waals surface area contributed by atoms with Crippen molar-refractivity contribution in [2.24, 2.45) is 0 Å². The Morgan fingerprint density at radius 1 is 0.875 bits per heavy atom. The molecule has 2 N–H and O–H groups in total. The first-order valence-electron chi connectivity index (χ1n) is 7.16. The largest absolute Gasteiger partial charge is 0.354 e. The first-order chi connectivity index (χ1) is 11.6. The van der Waals surface area contributed by atoms with E-state index in [1.165, 1.54) is 0 Å². The van der Waals surface area contributed by atoms with Crippen molar-refractivity contribution in [3.8, 4) is 0 Å². The minimum atomic E-state index is -0.263. The van der Waals surface area contributed by atoms with Gasteiger partial charge in [0.2, 0.25) is 0 Å². The fourth-order valence-electron chi connectivity index (χ4n) is 2.09. The molecule has 120 valence electrons. The Kier molecular flexibility index (Phi) is 4.99. The van der Waals surface area contributed by atoms with Gasteiger partial charge >= 0.3 is 0 Å². The lowest BCUT2D eigenvalue weighted by atomic mass is 10.2. The van der Waals surface area contributed by atoms with Crippen LogP contribution in [0.25, 0.3) is 0 Å². The van der Waals surface area contributed by atoms with Gasteiger partial charge in [-0.2, -0.15) is 0 Å². The lowest BCUT2D eigenvalue weighted by Gasteiger charge is -2.08. The number of carbonyl (C=O) groups is 1. The van der Waals surface area contributed by atoms with Gasteiger partial charge < -0.3 is 10.6 Å². The van der Waals surface area contributed by atoms with Gasteiger partial charge in [0.15, 0.2) is 0 Å². The summed E-state index contributed by atoms with van der Waals surface area (Å²) < 4.78 is 0. The number of aromatic nitrogens is 1. The van der Waals surface area contributed by atoms with Gasteiger partial charge in [0.25, 0.3) is 5.91 Å². The quantitative estimate of drug-likeness (QED) is 0.658. The lowest BCUT2D eigenvalue weighted by molar-refractivity contribution is 0.102. The first kappa shape index (κ1) is 16.3. The van der Waals surface area contributed by atoms with Gasteiger partial charge in [-0.25, -0.2) is 4.98 Å². The maximum Gasteiger partial charge on any atom is 0.256 e. The van der Waals surface area contributed by atoms with Gasteiger partial charge in [0.1, 0.15) is 5.82 Å². The first-order valence-corrected chi connectivity index (χ1v) is 7.91. The molecule has 3 rings (SSSR count). The van der Waals surface area contributed by atoms with E-state index in [0.717, 1.165) is 11.4 Å². The highest BCUT2D eigenvalue weighted by Crippen LogP contribution is 2.20. The highest BCUT2D eigenvalue weighted by molar-refractivity contribution is 6.31. The van der Waals surface area contributed by atoms with Crippen molar-refractivity contribution >= 4 is 46.3 Å². The van der Waals surface area contributed by atoms with Crippen LogP contribution < -0.4 is 10.6 Å². The molecule has 0 aliphatic carbocycles. The number of benzene rings is 2. The fraction of sp³-hybridized carbons (Fsp3) is 0. The van der Waals surface area contributed by atoms with E-state index in [1.54, 1.807) is 42.6 Å². The highest BCUT2D eigenvalue weighted by Gasteiger charge is 2.07. The van der Waals surface area contributed by atoms with E-state index >= 15 is 0 Å². The van der Waals surface area contributed by atoms with E-state index in [-0.39, 0.29) is 5.91 Å². The molecule has 3 aromatic rings. The topological polar surface area (TPSA) is 54.0 Å². The van der Waals surface area contributed by atoms with E-state index in [0.29, 0.717) is 21.4 Å². The lowest BCUT2D eigenvalue weighted by Crippen LogP contribution is -2.12. The fourth-order valence-corrected chi connectivity index (χ4v) is 2.47. The van der Waals surface area contributed by atoms with Gasteiger partial charge in [-0.1, -0.05) is 35.3 Å². The summed E-state index contributed by atoms with van der Waals surface area (Å²) >= 11 is 11.8. The second-order valence-corrected chi connectivity index (χ2v) is 5.90. The summed E-state index contributed by atoms with van der Waals surface area (Å²) in [6, 6.07) is 17.7. The maximum absolute atomic E-state index is 12.1. The summed E-state index contributed by atoms with van der Waals surface area (Å²) in [5, 5.41) is 7.08. The van der Waals surface area contributed by atoms with Crippen molar-refractivity contribution in [1.29, 1.82) is 0 Å². The number of nitrogens with zero attached hydrogens (tertiary/aromatic N) is 1. The van der Waals surface area contributed by atoms with Crippen LogP contribution in [0.3, 0.4) is 0 Å². The average molecular weight is 358 g/mol. The summed E-state index contributed by atoms with van der Waals surface area (Å²) in [7, 11) is 0. The molecule has 2 aromatic carbocycles. The molecule has 0 radical (unpaired) electrons. The number of hydrogen-bond acceptors (Lipinski definition) is 3. The van der Waals surface area contributed by atoms with Gasteiger partial charge in [-0.3, -0.25) is 4.79 Å². The van der Waals surface area contributed by atoms with Crippen molar-refractivity contribution in [2.75, 3.05) is 10.6 Å². The van der Waals surface area contributed by atoms with E-state index < -0.39 is 0 Å². The molecule has 24 heavy (non-hydrogen) atoms. The molecule has 6 heteroatoms. The molecule has 0 spiro atoms. The van der Waals surface area contributed by atoms with Crippen LogP contribution in [0.15, 0.2) is 66.9 Å². The van der Waals surface area contributed by atoms with E-state index in [9.17, 15) is 4.79 Å². The Balaban J connectivity index is 1.67. The number of amides is 1. The third kappa shape index (κ3) is 4.25. The zero-order valence-corrected chi connectivity index (χ0v) is 14.0. The minimum Gasteiger partial charge on any atom is -0.354 e. The summed E-state index contributed by atoms with van der Waals surface area (Å²) in [6.45, 7) is 0. The molecule has 1 aromatic heterocycles. The molecule has 0 saturated heterocycles. The van der Waals surface area contributed by atoms with Crippen molar-refractivity contribution < 1.29 is 4.79 Å². The van der Waals surface area contributed by atoms with Gasteiger partial charge in [-0.05, 0) is 48.5 Å². The second kappa shape index (κ2) is 7.34. The van der Waals surface area contributed by atoms with Crippen LogP contribution in [-0.2, 0) is 0 Å². The molecule has 0 atom stereocenters. The van der Waals surface area contributed by atoms with Crippen LogP contribution in [-0.4, -0.2) is 10.9 Å². The average Bonchev–Trinajstić information content (AvgIpc) is 2.57. The Hall–Kier alpha value is -2.56. The third-order valence-electron chi connectivity index (χ3n) is 3.21. The number of carbonyl (C=O) groups excluding carboxylic acids is 1. The van der Waals surface area contributed by atoms with Crippen molar-refractivity contribution in [1.82, 2.24) is 4.98 Å². The zero-order chi connectivity index (χ0) is 16.9. The number of hydrogen-bond donors (Lipinski definition) is 2. The van der Waals surface area contributed by atoms with Gasteiger partial charge in [-0.15, -0.1) is 0 Å². The van der Waals surface area contributed by atoms with Crippen molar-refractivity contribution in [2.45, 2.75) is 0 Å². The Morgan fingerprint density at radius 2 is 1.62 bits per heavy atom. The Bertz CT molecular complexity index is 866. The van der Waals surface area contributed by atoms with Crippen LogP contribution >= 0.6 is 23.2 Å². The molecule has 4 nitrogen and oxygen atoms in total. The smallest absolute Gasteiger partial charge is 0.256 e. The standard InChI is InChI=1S/C18H13Cl2N3O/c19-13-4-1-3-12(9-13)18(24)23-17-8-7-16(11-21-17)22-15-6-2-5-14(20)10-15/h1-11,22H,(H,21,23,24). The molecule has 0 unspecified atom stereocenters. The number of pyridine rings is 1. The molecule has 0 aliphatic rings. The summed E-state index contributed by atoms with van der Waals surface area (Å²) in [5.41, 5.74) is 2.13. The molecule has 0 fully saturated rings. The zero-order valence-electron chi connectivity index (χ0n) is 12.5. The minimum absolute atomic E-state index is 0.263. The number of nitrogens with one attached hydrogen (secondary N) is 2. The number of halogens is 2. The van der Waals surface area contributed by atoms with E-state index in [4.69, 9.17) is 23.2 Å².